The number of hydrogen-bond acceptors (Lipinski definition) is 2. The van der Waals surface area contributed by atoms with Crippen LogP contribution in [0.15, 0.2) is 12.8 Å². The zero-order valence-corrected chi connectivity index (χ0v) is 6.88. The molecule has 0 saturated heterocycles. The molecule has 0 rings (SSSR count). The molecule has 0 radical (unpaired) electrons. The summed E-state index contributed by atoms with van der Waals surface area (Å²) < 4.78 is 4.94. The molecule has 0 bridgehead atoms. The van der Waals surface area contributed by atoms with E-state index in [0.717, 1.165) is 32.3 Å². The number of nitrogens with zero attached hydrogens (tertiary/aromatic N) is 1. The number of hydrogen-bond donors (Lipinski definition) is 0. The molecular formula is C9H15NO. The highest BCUT2D eigenvalue weighted by Gasteiger charge is 1.88. The van der Waals surface area contributed by atoms with Crippen molar-refractivity contribution in [1.82, 2.24) is 0 Å². The first-order chi connectivity index (χ1) is 5.41. The molecule has 62 valence electrons. The molecule has 0 fully saturated rings. The van der Waals surface area contributed by atoms with Gasteiger partial charge in [0.2, 0.25) is 0 Å². The lowest BCUT2D eigenvalue weighted by atomic mass is 10.2. The maximum absolute atomic E-state index is 8.22. The fourth-order valence-corrected chi connectivity index (χ4v) is 0.826. The quantitative estimate of drug-likeness (QED) is 0.416. The lowest BCUT2D eigenvalue weighted by Crippen LogP contribution is -1.86. The van der Waals surface area contributed by atoms with E-state index in [0.29, 0.717) is 6.42 Å². The lowest BCUT2D eigenvalue weighted by Gasteiger charge is -1.98. The van der Waals surface area contributed by atoms with Gasteiger partial charge in [-0.1, -0.05) is 19.4 Å². The van der Waals surface area contributed by atoms with Gasteiger partial charge in [0.25, 0.3) is 0 Å². The molecule has 0 aromatic rings. The Balaban J connectivity index is 2.80. The van der Waals surface area contributed by atoms with E-state index >= 15 is 0 Å². The normalized spacial score (nSPS) is 8.64. The Morgan fingerprint density at radius 1 is 1.27 bits per heavy atom. The molecule has 0 spiro atoms. The largest absolute Gasteiger partial charge is 0.502 e. The third kappa shape index (κ3) is 9.03. The molecule has 0 aliphatic carbocycles. The maximum Gasteiger partial charge on any atom is 0.0873 e. The SMILES string of the molecule is C=COCCCCCCC#N. The molecule has 2 nitrogen and oxygen atoms in total. The molecule has 0 aliphatic heterocycles. The van der Waals surface area contributed by atoms with Crippen molar-refractivity contribution in [2.75, 3.05) is 6.61 Å². The highest BCUT2D eigenvalue weighted by atomic mass is 16.5. The van der Waals surface area contributed by atoms with Gasteiger partial charge in [-0.05, 0) is 12.8 Å². The molecule has 0 unspecified atom stereocenters. The van der Waals surface area contributed by atoms with Crippen molar-refractivity contribution in [2.45, 2.75) is 32.1 Å². The van der Waals surface area contributed by atoms with Gasteiger partial charge in [0, 0.05) is 6.42 Å². The Bertz CT molecular complexity index is 126. The summed E-state index contributed by atoms with van der Waals surface area (Å²) in [5, 5.41) is 8.22. The van der Waals surface area contributed by atoms with Gasteiger partial charge in [-0.3, -0.25) is 0 Å². The van der Waals surface area contributed by atoms with Gasteiger partial charge in [0.15, 0.2) is 0 Å². The molecule has 0 aliphatic rings. The summed E-state index contributed by atoms with van der Waals surface area (Å²) in [4.78, 5) is 0. The van der Waals surface area contributed by atoms with E-state index < -0.39 is 0 Å². The summed E-state index contributed by atoms with van der Waals surface area (Å²) in [6.07, 6.45) is 6.52. The Kier molecular flexibility index (Phi) is 8.23. The Morgan fingerprint density at radius 3 is 2.64 bits per heavy atom. The summed E-state index contributed by atoms with van der Waals surface area (Å²) >= 11 is 0. The predicted molar refractivity (Wildman–Crippen MR) is 44.8 cm³/mol. The Labute approximate surface area is 68.5 Å². The second kappa shape index (κ2) is 9.03. The van der Waals surface area contributed by atoms with Crippen molar-refractivity contribution in [3.8, 4) is 6.07 Å². The van der Waals surface area contributed by atoms with E-state index in [1.54, 1.807) is 0 Å². The predicted octanol–water partition coefficient (Wildman–Crippen LogP) is 2.62. The van der Waals surface area contributed by atoms with E-state index in [1.165, 1.54) is 6.26 Å². The van der Waals surface area contributed by atoms with Crippen molar-refractivity contribution >= 4 is 0 Å². The fraction of sp³-hybridized carbons (Fsp3) is 0.667. The van der Waals surface area contributed by atoms with Gasteiger partial charge in [-0.25, -0.2) is 0 Å². The molecule has 2 heteroatoms. The van der Waals surface area contributed by atoms with Crippen molar-refractivity contribution in [2.24, 2.45) is 0 Å². The van der Waals surface area contributed by atoms with Crippen LogP contribution in [0.1, 0.15) is 32.1 Å². The van der Waals surface area contributed by atoms with Crippen LogP contribution in [0.2, 0.25) is 0 Å². The van der Waals surface area contributed by atoms with Crippen LogP contribution in [0, 0.1) is 11.3 Å². The van der Waals surface area contributed by atoms with Crippen molar-refractivity contribution in [3.05, 3.63) is 12.8 Å². The highest BCUT2D eigenvalue weighted by molar-refractivity contribution is 4.67. The van der Waals surface area contributed by atoms with Crippen LogP contribution in [-0.4, -0.2) is 6.61 Å². The molecule has 0 saturated carbocycles. The molecule has 0 amide bonds. The van der Waals surface area contributed by atoms with Gasteiger partial charge in [-0.15, -0.1) is 0 Å². The van der Waals surface area contributed by atoms with Crippen molar-refractivity contribution in [3.63, 3.8) is 0 Å². The first-order valence-corrected chi connectivity index (χ1v) is 4.01. The molecule has 0 N–H and O–H groups in total. The van der Waals surface area contributed by atoms with Crippen LogP contribution in [0.5, 0.6) is 0 Å². The summed E-state index contributed by atoms with van der Waals surface area (Å²) in [5.41, 5.74) is 0. The van der Waals surface area contributed by atoms with Crippen LogP contribution >= 0.6 is 0 Å². The standard InChI is InChI=1S/C9H15NO/c1-2-11-9-7-5-3-4-6-8-10/h2H,1,3-7,9H2. The zero-order chi connectivity index (χ0) is 8.36. The van der Waals surface area contributed by atoms with Crippen LogP contribution in [0.4, 0.5) is 0 Å². The van der Waals surface area contributed by atoms with E-state index in [2.05, 4.69) is 12.6 Å². The minimum absolute atomic E-state index is 0.683. The van der Waals surface area contributed by atoms with Crippen molar-refractivity contribution in [1.29, 1.82) is 5.26 Å². The van der Waals surface area contributed by atoms with Crippen LogP contribution in [0.25, 0.3) is 0 Å². The van der Waals surface area contributed by atoms with Crippen LogP contribution in [0.3, 0.4) is 0 Å². The van der Waals surface area contributed by atoms with E-state index in [4.69, 9.17) is 10.00 Å². The molecule has 0 atom stereocenters. The summed E-state index contributed by atoms with van der Waals surface area (Å²) in [5.74, 6) is 0. The van der Waals surface area contributed by atoms with Gasteiger partial charge in [0.1, 0.15) is 0 Å². The summed E-state index contributed by atoms with van der Waals surface area (Å²) in [6.45, 7) is 4.20. The van der Waals surface area contributed by atoms with Gasteiger partial charge >= 0.3 is 0 Å². The average molecular weight is 153 g/mol. The molecule has 11 heavy (non-hydrogen) atoms. The summed E-state index contributed by atoms with van der Waals surface area (Å²) in [7, 11) is 0. The number of nitriles is 1. The van der Waals surface area contributed by atoms with Gasteiger partial charge in [-0.2, -0.15) is 5.26 Å². The number of ether oxygens (including phenoxy) is 1. The lowest BCUT2D eigenvalue weighted by molar-refractivity contribution is 0.242. The second-order valence-electron chi connectivity index (χ2n) is 2.36. The monoisotopic (exact) mass is 153 g/mol. The van der Waals surface area contributed by atoms with Crippen LogP contribution in [-0.2, 0) is 4.74 Å². The first-order valence-electron chi connectivity index (χ1n) is 4.01. The van der Waals surface area contributed by atoms with Crippen molar-refractivity contribution < 1.29 is 4.74 Å². The average Bonchev–Trinajstić information content (AvgIpc) is 2.03. The zero-order valence-electron chi connectivity index (χ0n) is 6.88. The highest BCUT2D eigenvalue weighted by Crippen LogP contribution is 2.01. The van der Waals surface area contributed by atoms with E-state index in [-0.39, 0.29) is 0 Å². The maximum atomic E-state index is 8.22. The minimum atomic E-state index is 0.683. The molecular weight excluding hydrogens is 138 g/mol. The third-order valence-corrected chi connectivity index (χ3v) is 1.42. The van der Waals surface area contributed by atoms with Gasteiger partial charge < -0.3 is 4.74 Å². The van der Waals surface area contributed by atoms with E-state index in [9.17, 15) is 0 Å². The minimum Gasteiger partial charge on any atom is -0.502 e. The third-order valence-electron chi connectivity index (χ3n) is 1.42. The molecule has 0 heterocycles. The smallest absolute Gasteiger partial charge is 0.0873 e. The summed E-state index contributed by atoms with van der Waals surface area (Å²) in [6, 6.07) is 2.12. The fourth-order valence-electron chi connectivity index (χ4n) is 0.826. The Hall–Kier alpha value is -0.970. The van der Waals surface area contributed by atoms with Crippen LogP contribution < -0.4 is 0 Å². The number of unbranched alkanes of at least 4 members (excludes halogenated alkanes) is 4. The molecule has 0 aromatic heterocycles. The topological polar surface area (TPSA) is 33.0 Å². The second-order valence-corrected chi connectivity index (χ2v) is 2.36. The van der Waals surface area contributed by atoms with E-state index in [1.807, 2.05) is 0 Å². The first kappa shape index (κ1) is 10.0. The Morgan fingerprint density at radius 2 is 2.00 bits per heavy atom. The number of rotatable bonds is 7. The molecule has 0 aromatic carbocycles. The van der Waals surface area contributed by atoms with Gasteiger partial charge in [0.05, 0.1) is 18.9 Å².